The zero-order valence-electron chi connectivity index (χ0n) is 14.0. The van der Waals surface area contributed by atoms with E-state index in [1.165, 1.54) is 0 Å². The highest BCUT2D eigenvalue weighted by atomic mass is 16.6. The molecule has 2 rings (SSSR count). The number of carbonyl (C=O) groups is 2. The van der Waals surface area contributed by atoms with Gasteiger partial charge in [0.05, 0.1) is 29.8 Å². The van der Waals surface area contributed by atoms with Crippen molar-refractivity contribution in [1.29, 1.82) is 0 Å². The van der Waals surface area contributed by atoms with Gasteiger partial charge in [-0.3, -0.25) is 9.59 Å². The molecular formula is C17H28O6. The second-order valence-corrected chi connectivity index (χ2v) is 7.06. The van der Waals surface area contributed by atoms with Crippen molar-refractivity contribution in [2.45, 2.75) is 89.6 Å². The van der Waals surface area contributed by atoms with E-state index in [0.717, 1.165) is 19.3 Å². The Balaban J connectivity index is 1.84. The monoisotopic (exact) mass is 328 g/mol. The van der Waals surface area contributed by atoms with Crippen LogP contribution in [-0.2, 0) is 19.1 Å². The van der Waals surface area contributed by atoms with Gasteiger partial charge < -0.3 is 19.7 Å². The topological polar surface area (TPSA) is 99.7 Å². The number of unbranched alkanes of at least 4 members (excludes halogenated alkanes) is 3. The standard InChI is InChI=1S/C17H28O6/c1-11-13(22-11)9-17(16(20)21,10-14-12(2)23-14)8-6-4-3-5-7-15(18)19/h11-14H,3-10H2,1-2H3,(H,18,19)(H,20,21). The second kappa shape index (κ2) is 7.62. The molecule has 2 heterocycles. The molecule has 0 saturated carbocycles. The molecule has 4 atom stereocenters. The summed E-state index contributed by atoms with van der Waals surface area (Å²) in [5.41, 5.74) is -0.780. The van der Waals surface area contributed by atoms with Crippen LogP contribution in [-0.4, -0.2) is 46.6 Å². The number of carboxylic acids is 2. The van der Waals surface area contributed by atoms with Gasteiger partial charge in [0.15, 0.2) is 0 Å². The van der Waals surface area contributed by atoms with Crippen LogP contribution in [0, 0.1) is 5.41 Å². The summed E-state index contributed by atoms with van der Waals surface area (Å²) in [4.78, 5) is 22.5. The molecule has 0 bridgehead atoms. The van der Waals surface area contributed by atoms with E-state index < -0.39 is 17.4 Å². The average Bonchev–Trinajstić information content (AvgIpc) is 3.34. The zero-order chi connectivity index (χ0) is 17.0. The van der Waals surface area contributed by atoms with Crippen molar-refractivity contribution < 1.29 is 29.3 Å². The summed E-state index contributed by atoms with van der Waals surface area (Å²) in [7, 11) is 0. The molecule has 2 saturated heterocycles. The molecule has 132 valence electrons. The van der Waals surface area contributed by atoms with Crippen LogP contribution >= 0.6 is 0 Å². The molecule has 2 aliphatic heterocycles. The molecule has 0 aromatic carbocycles. The summed E-state index contributed by atoms with van der Waals surface area (Å²) in [6.07, 6.45) is 5.44. The van der Waals surface area contributed by atoms with E-state index in [1.807, 2.05) is 13.8 Å². The lowest BCUT2D eigenvalue weighted by Gasteiger charge is -2.28. The number of carboxylic acid groups (broad SMARTS) is 2. The summed E-state index contributed by atoms with van der Waals surface area (Å²) in [6.45, 7) is 3.94. The smallest absolute Gasteiger partial charge is 0.309 e. The fourth-order valence-electron chi connectivity index (χ4n) is 3.32. The van der Waals surface area contributed by atoms with E-state index in [9.17, 15) is 14.7 Å². The summed E-state index contributed by atoms with van der Waals surface area (Å²) in [5, 5.41) is 18.5. The van der Waals surface area contributed by atoms with E-state index in [-0.39, 0.29) is 30.8 Å². The first kappa shape index (κ1) is 18.2. The maximum atomic E-state index is 12.0. The van der Waals surface area contributed by atoms with E-state index >= 15 is 0 Å². The van der Waals surface area contributed by atoms with E-state index in [1.54, 1.807) is 0 Å². The van der Waals surface area contributed by atoms with Gasteiger partial charge in [0.25, 0.3) is 0 Å². The minimum atomic E-state index is -0.780. The molecule has 2 fully saturated rings. The number of hydrogen-bond donors (Lipinski definition) is 2. The first-order chi connectivity index (χ1) is 10.8. The summed E-state index contributed by atoms with van der Waals surface area (Å²) in [6, 6.07) is 0. The van der Waals surface area contributed by atoms with E-state index in [4.69, 9.17) is 14.6 Å². The molecule has 4 unspecified atom stereocenters. The van der Waals surface area contributed by atoms with Crippen LogP contribution in [0.15, 0.2) is 0 Å². The molecule has 0 amide bonds. The quantitative estimate of drug-likeness (QED) is 0.422. The Bertz CT molecular complexity index is 417. The maximum absolute atomic E-state index is 12.0. The van der Waals surface area contributed by atoms with Gasteiger partial charge in [-0.05, 0) is 39.5 Å². The Labute approximate surface area is 137 Å². The van der Waals surface area contributed by atoms with Crippen molar-refractivity contribution in [2.75, 3.05) is 0 Å². The van der Waals surface area contributed by atoms with Crippen LogP contribution in [0.4, 0.5) is 0 Å². The van der Waals surface area contributed by atoms with Gasteiger partial charge in [-0.15, -0.1) is 0 Å². The molecule has 0 radical (unpaired) electrons. The number of ether oxygens (including phenoxy) is 2. The van der Waals surface area contributed by atoms with Gasteiger partial charge >= 0.3 is 11.9 Å². The molecule has 0 aromatic heterocycles. The zero-order valence-corrected chi connectivity index (χ0v) is 14.0. The predicted octanol–water partition coefficient (Wildman–Crippen LogP) is 2.84. The molecule has 23 heavy (non-hydrogen) atoms. The van der Waals surface area contributed by atoms with Crippen molar-refractivity contribution >= 4 is 11.9 Å². The third kappa shape index (κ3) is 5.46. The van der Waals surface area contributed by atoms with Gasteiger partial charge in [-0.1, -0.05) is 19.3 Å². The van der Waals surface area contributed by atoms with Gasteiger partial charge in [0.1, 0.15) is 0 Å². The first-order valence-electron chi connectivity index (χ1n) is 8.60. The predicted molar refractivity (Wildman–Crippen MR) is 83.3 cm³/mol. The number of hydrogen-bond acceptors (Lipinski definition) is 4. The lowest BCUT2D eigenvalue weighted by atomic mass is 9.74. The van der Waals surface area contributed by atoms with Crippen molar-refractivity contribution in [3.8, 4) is 0 Å². The van der Waals surface area contributed by atoms with Gasteiger partial charge in [0.2, 0.25) is 0 Å². The van der Waals surface area contributed by atoms with Gasteiger partial charge in [-0.25, -0.2) is 0 Å². The first-order valence-corrected chi connectivity index (χ1v) is 8.60. The molecular weight excluding hydrogens is 300 g/mol. The van der Waals surface area contributed by atoms with Crippen molar-refractivity contribution in [1.82, 2.24) is 0 Å². The number of epoxide rings is 2. The lowest BCUT2D eigenvalue weighted by Crippen LogP contribution is -2.35. The summed E-state index contributed by atoms with van der Waals surface area (Å²) < 4.78 is 10.9. The van der Waals surface area contributed by atoms with Crippen LogP contribution < -0.4 is 0 Å². The highest BCUT2D eigenvalue weighted by molar-refractivity contribution is 5.75. The highest BCUT2D eigenvalue weighted by Crippen LogP contribution is 2.45. The Morgan fingerprint density at radius 3 is 1.78 bits per heavy atom. The normalized spacial score (nSPS) is 31.4. The third-order valence-electron chi connectivity index (χ3n) is 5.11. The molecule has 0 aromatic rings. The number of aliphatic carboxylic acids is 2. The lowest BCUT2D eigenvalue weighted by molar-refractivity contribution is -0.151. The average molecular weight is 328 g/mol. The minimum Gasteiger partial charge on any atom is -0.481 e. The fraction of sp³-hybridized carbons (Fsp3) is 0.882. The Hall–Kier alpha value is -1.14. The second-order valence-electron chi connectivity index (χ2n) is 7.06. The van der Waals surface area contributed by atoms with Crippen LogP contribution in [0.1, 0.15) is 65.2 Å². The minimum absolute atomic E-state index is 0.0483. The van der Waals surface area contributed by atoms with Crippen molar-refractivity contribution in [2.24, 2.45) is 5.41 Å². The fourth-order valence-corrected chi connectivity index (χ4v) is 3.32. The highest BCUT2D eigenvalue weighted by Gasteiger charge is 2.51. The molecule has 2 aliphatic rings. The van der Waals surface area contributed by atoms with Crippen LogP contribution in [0.3, 0.4) is 0 Å². The Morgan fingerprint density at radius 2 is 1.39 bits per heavy atom. The molecule has 0 spiro atoms. The maximum Gasteiger partial charge on any atom is 0.309 e. The van der Waals surface area contributed by atoms with Gasteiger partial charge in [-0.2, -0.15) is 0 Å². The van der Waals surface area contributed by atoms with Crippen molar-refractivity contribution in [3.05, 3.63) is 0 Å². The molecule has 0 aliphatic carbocycles. The van der Waals surface area contributed by atoms with E-state index in [0.29, 0.717) is 25.7 Å². The van der Waals surface area contributed by atoms with Crippen LogP contribution in [0.5, 0.6) is 0 Å². The van der Waals surface area contributed by atoms with Crippen molar-refractivity contribution in [3.63, 3.8) is 0 Å². The SMILES string of the molecule is CC1OC1CC(CCCCCCC(=O)O)(CC1OC1C)C(=O)O. The van der Waals surface area contributed by atoms with Crippen LogP contribution in [0.2, 0.25) is 0 Å². The summed E-state index contributed by atoms with van der Waals surface area (Å²) in [5.74, 6) is -1.53. The largest absolute Gasteiger partial charge is 0.481 e. The third-order valence-corrected chi connectivity index (χ3v) is 5.11. The Kier molecular flexibility index (Phi) is 6.03. The number of rotatable bonds is 12. The van der Waals surface area contributed by atoms with Crippen LogP contribution in [0.25, 0.3) is 0 Å². The van der Waals surface area contributed by atoms with Gasteiger partial charge in [0, 0.05) is 6.42 Å². The molecule has 2 N–H and O–H groups in total. The molecule has 6 nitrogen and oxygen atoms in total. The summed E-state index contributed by atoms with van der Waals surface area (Å²) >= 11 is 0. The van der Waals surface area contributed by atoms with E-state index in [2.05, 4.69) is 0 Å². The Morgan fingerprint density at radius 1 is 0.913 bits per heavy atom. The molecule has 6 heteroatoms.